The molecule has 0 radical (unpaired) electrons. The second-order valence-electron chi connectivity index (χ2n) is 6.95. The highest BCUT2D eigenvalue weighted by Crippen LogP contribution is 2.38. The van der Waals surface area contributed by atoms with Gasteiger partial charge in [-0.3, -0.25) is 0 Å². The van der Waals surface area contributed by atoms with E-state index in [0.29, 0.717) is 30.0 Å². The van der Waals surface area contributed by atoms with Crippen molar-refractivity contribution in [2.75, 3.05) is 6.61 Å². The summed E-state index contributed by atoms with van der Waals surface area (Å²) in [6.45, 7) is 3.57. The molecule has 2 aromatic rings. The summed E-state index contributed by atoms with van der Waals surface area (Å²) in [6.07, 6.45) is 2.83. The number of esters is 3. The van der Waals surface area contributed by atoms with Gasteiger partial charge in [0.25, 0.3) is 5.79 Å². The van der Waals surface area contributed by atoms with Gasteiger partial charge in [0.15, 0.2) is 9.40 Å². The molecule has 0 atom stereocenters. The number of rotatable bonds is 4. The molecule has 8 nitrogen and oxygen atoms in total. The lowest BCUT2D eigenvalue weighted by Gasteiger charge is -2.32. The van der Waals surface area contributed by atoms with Crippen LogP contribution in [-0.2, 0) is 23.8 Å². The van der Waals surface area contributed by atoms with E-state index in [1.165, 1.54) is 0 Å². The van der Waals surface area contributed by atoms with Gasteiger partial charge in [-0.25, -0.2) is 19.4 Å². The van der Waals surface area contributed by atoms with Crippen LogP contribution in [0.3, 0.4) is 0 Å². The zero-order valence-electron chi connectivity index (χ0n) is 16.5. The molecule has 2 heterocycles. The van der Waals surface area contributed by atoms with Crippen molar-refractivity contribution >= 4 is 42.1 Å². The van der Waals surface area contributed by atoms with Gasteiger partial charge in [-0.1, -0.05) is 32.9 Å². The van der Waals surface area contributed by atoms with Crippen molar-refractivity contribution in [3.05, 3.63) is 39.5 Å². The molecule has 158 valence electrons. The summed E-state index contributed by atoms with van der Waals surface area (Å²) >= 11 is -1.15. The number of aryl methyl sites for hydroxylation is 1. The van der Waals surface area contributed by atoms with Gasteiger partial charge in [-0.15, -0.1) is 0 Å². The third-order valence-corrected chi connectivity index (χ3v) is 7.49. The van der Waals surface area contributed by atoms with Crippen molar-refractivity contribution in [2.45, 2.75) is 45.3 Å². The Labute approximate surface area is 182 Å². The lowest BCUT2D eigenvalue weighted by atomic mass is 10.1. The van der Waals surface area contributed by atoms with Crippen molar-refractivity contribution in [3.63, 3.8) is 0 Å². The fourth-order valence-electron chi connectivity index (χ4n) is 3.49. The number of carbonyl (C=O) groups is 3. The summed E-state index contributed by atoms with van der Waals surface area (Å²) in [5, 5.41) is 0. The van der Waals surface area contributed by atoms with E-state index in [1.54, 1.807) is 32.0 Å². The highest BCUT2D eigenvalue weighted by atomic mass is 127. The minimum atomic E-state index is -1.15. The summed E-state index contributed by atoms with van der Waals surface area (Å²) in [5.74, 6) is -2.48. The fourth-order valence-corrected chi connectivity index (χ4v) is 5.65. The van der Waals surface area contributed by atoms with Crippen LogP contribution in [0.15, 0.2) is 28.7 Å². The molecule has 1 saturated carbocycles. The number of hydrogen-bond donors (Lipinski definition) is 0. The molecule has 0 bridgehead atoms. The molecule has 1 spiro atoms. The van der Waals surface area contributed by atoms with E-state index in [9.17, 15) is 14.4 Å². The number of aromatic nitrogens is 1. The summed E-state index contributed by atoms with van der Waals surface area (Å²) in [4.78, 5) is 41.5. The van der Waals surface area contributed by atoms with Crippen LogP contribution < -0.4 is 0 Å². The Bertz CT molecular complexity index is 1030. The lowest BCUT2D eigenvalue weighted by molar-refractivity contribution is -0.224. The van der Waals surface area contributed by atoms with E-state index in [-0.39, 0.29) is 15.9 Å². The van der Waals surface area contributed by atoms with E-state index in [4.69, 9.17) is 18.6 Å². The van der Waals surface area contributed by atoms with Gasteiger partial charge in [-0.05, 0) is 31.9 Å². The average Bonchev–Trinajstić information content (AvgIpc) is 3.32. The number of hydrogen-bond acceptors (Lipinski definition) is 8. The van der Waals surface area contributed by atoms with Crippen molar-refractivity contribution in [2.24, 2.45) is 0 Å². The minimum absolute atomic E-state index is 0.0250. The van der Waals surface area contributed by atoms with Crippen molar-refractivity contribution in [3.8, 4) is 11.3 Å². The number of ether oxygens (including phenoxy) is 3. The number of nitrogens with zero attached hydrogens (tertiary/aromatic N) is 1. The smallest absolute Gasteiger partial charge is 0.376 e. The summed E-state index contributed by atoms with van der Waals surface area (Å²) in [6, 6.07) is 7.17. The second kappa shape index (κ2) is 8.29. The van der Waals surface area contributed by atoms with Crippen LogP contribution in [-0.4, -0.2) is 38.8 Å². The Balaban J connectivity index is 1.64. The van der Waals surface area contributed by atoms with E-state index in [2.05, 4.69) is 4.98 Å². The minimum Gasteiger partial charge on any atom is -0.460 e. The zero-order chi connectivity index (χ0) is 21.3. The van der Waals surface area contributed by atoms with Crippen LogP contribution in [0.25, 0.3) is 11.3 Å². The van der Waals surface area contributed by atoms with Crippen LogP contribution >= 0.6 is 20.7 Å². The first-order valence-corrected chi connectivity index (χ1v) is 11.8. The Kier molecular flexibility index (Phi) is 5.72. The monoisotopic (exact) mass is 525 g/mol. The molecule has 1 aromatic heterocycles. The van der Waals surface area contributed by atoms with Gasteiger partial charge >= 0.3 is 17.9 Å². The molecule has 1 aromatic carbocycles. The number of benzene rings is 1. The van der Waals surface area contributed by atoms with Crippen molar-refractivity contribution < 1.29 is 33.0 Å². The van der Waals surface area contributed by atoms with Gasteiger partial charge in [0.1, 0.15) is 5.69 Å². The molecule has 1 aliphatic carbocycles. The summed E-state index contributed by atoms with van der Waals surface area (Å²) in [5.41, 5.74) is 0.998. The number of oxazole rings is 1. The highest BCUT2D eigenvalue weighted by molar-refractivity contribution is 14.2. The maximum Gasteiger partial charge on any atom is 0.376 e. The standard InChI is InChI=1S/C21H20INO7/c1-3-27-20(26)17-16(23-12(2)28-17)13-7-6-8-14(11-13)22-15-18(24)29-21(30-19(15)25)9-4-5-10-21/h6-8,11H,3-5,9-10H2,1-2H3. The van der Waals surface area contributed by atoms with Gasteiger partial charge < -0.3 is 18.6 Å². The Morgan fingerprint density at radius 1 is 1.20 bits per heavy atom. The molecule has 30 heavy (non-hydrogen) atoms. The highest BCUT2D eigenvalue weighted by Gasteiger charge is 2.48. The third-order valence-electron chi connectivity index (χ3n) is 4.78. The fraction of sp³-hybridized carbons (Fsp3) is 0.381. The van der Waals surface area contributed by atoms with Gasteiger partial charge in [-0.2, -0.15) is 0 Å². The topological polar surface area (TPSA) is 105 Å². The van der Waals surface area contributed by atoms with Crippen LogP contribution in [0.2, 0.25) is 0 Å². The maximum absolute atomic E-state index is 12.5. The first-order valence-electron chi connectivity index (χ1n) is 9.64. The first kappa shape index (κ1) is 20.7. The van der Waals surface area contributed by atoms with Crippen LogP contribution in [0.1, 0.15) is 49.1 Å². The van der Waals surface area contributed by atoms with Crippen LogP contribution in [0.5, 0.6) is 0 Å². The zero-order valence-corrected chi connectivity index (χ0v) is 18.7. The molecule has 0 N–H and O–H groups in total. The molecule has 1 saturated heterocycles. The molecule has 1 aliphatic heterocycles. The van der Waals surface area contributed by atoms with Gasteiger partial charge in [0.05, 0.1) is 6.61 Å². The predicted molar refractivity (Wildman–Crippen MR) is 114 cm³/mol. The van der Waals surface area contributed by atoms with E-state index in [1.807, 2.05) is 6.07 Å². The molecule has 2 aliphatic rings. The normalized spacial score (nSPS) is 17.7. The molecule has 0 amide bonds. The van der Waals surface area contributed by atoms with Crippen LogP contribution in [0, 0.1) is 10.5 Å². The van der Waals surface area contributed by atoms with Crippen LogP contribution in [0.4, 0.5) is 0 Å². The molecule has 0 unspecified atom stereocenters. The average molecular weight is 525 g/mol. The Hall–Kier alpha value is -2.56. The van der Waals surface area contributed by atoms with Crippen molar-refractivity contribution in [1.29, 1.82) is 0 Å². The van der Waals surface area contributed by atoms with Crippen molar-refractivity contribution in [1.82, 2.24) is 4.98 Å². The second-order valence-corrected chi connectivity index (χ2v) is 9.81. The van der Waals surface area contributed by atoms with E-state index in [0.717, 1.165) is 16.4 Å². The third kappa shape index (κ3) is 4.03. The largest absolute Gasteiger partial charge is 0.460 e. The maximum atomic E-state index is 12.5. The lowest BCUT2D eigenvalue weighted by Crippen LogP contribution is -2.48. The van der Waals surface area contributed by atoms with Gasteiger partial charge in [0.2, 0.25) is 5.76 Å². The summed E-state index contributed by atoms with van der Waals surface area (Å²) < 4.78 is 22.3. The molecule has 9 heteroatoms. The Morgan fingerprint density at radius 3 is 2.57 bits per heavy atom. The van der Waals surface area contributed by atoms with E-state index < -0.39 is 44.4 Å². The first-order chi connectivity index (χ1) is 14.4. The SMILES string of the molecule is CCOC(=O)c1oc(C)nc1-c1cccc(I=C2C(=O)OC3(CCCC3)OC2=O)c1. The molecule has 4 rings (SSSR count). The number of carbonyl (C=O) groups excluding carboxylic acids is 3. The number of halogens is 1. The molecule has 2 fully saturated rings. The van der Waals surface area contributed by atoms with Gasteiger partial charge in [0, 0.05) is 28.9 Å². The predicted octanol–water partition coefficient (Wildman–Crippen LogP) is 3.51. The Morgan fingerprint density at radius 2 is 1.90 bits per heavy atom. The molecular formula is C21H20INO7. The van der Waals surface area contributed by atoms with E-state index >= 15 is 0 Å². The summed E-state index contributed by atoms with van der Waals surface area (Å²) in [7, 11) is 0. The quantitative estimate of drug-likeness (QED) is 0.442. The molecular weight excluding hydrogens is 505 g/mol.